The monoisotopic (exact) mass is 273 g/mol. The smallest absolute Gasteiger partial charge is 0.258 e. The van der Waals surface area contributed by atoms with Crippen molar-refractivity contribution in [2.24, 2.45) is 0 Å². The van der Waals surface area contributed by atoms with E-state index < -0.39 is 0 Å². The third-order valence-corrected chi connectivity index (χ3v) is 4.07. The number of hydrogen-bond donors (Lipinski definition) is 2. The van der Waals surface area contributed by atoms with E-state index in [1.54, 1.807) is 6.07 Å². The summed E-state index contributed by atoms with van der Waals surface area (Å²) in [6.45, 7) is 3.71. The second-order valence-electron chi connectivity index (χ2n) is 5.41. The largest absolute Gasteiger partial charge is 0.393 e. The zero-order valence-electron chi connectivity index (χ0n) is 11.5. The molecule has 0 spiro atoms. The van der Waals surface area contributed by atoms with Crippen LogP contribution in [-0.2, 0) is 0 Å². The van der Waals surface area contributed by atoms with E-state index >= 15 is 0 Å². The Kier molecular flexibility index (Phi) is 3.54. The van der Waals surface area contributed by atoms with Crippen LogP contribution < -0.4 is 5.56 Å². The Morgan fingerprint density at radius 1 is 1.35 bits per heavy atom. The number of fused-ring (bicyclic) bond motifs is 1. The molecule has 0 saturated carbocycles. The highest BCUT2D eigenvalue weighted by molar-refractivity contribution is 5.77. The standard InChI is InChI=1S/C15H19N3O2/c1-10(18-8-6-11(19)7-9-18)14-16-13-5-3-2-4-12(13)15(20)17-14/h2-5,10-11,19H,6-9H2,1H3,(H,16,17,20). The van der Waals surface area contributed by atoms with Crippen molar-refractivity contribution >= 4 is 10.9 Å². The average molecular weight is 273 g/mol. The van der Waals surface area contributed by atoms with Crippen molar-refractivity contribution in [3.8, 4) is 0 Å². The van der Waals surface area contributed by atoms with Crippen LogP contribution in [0.3, 0.4) is 0 Å². The van der Waals surface area contributed by atoms with E-state index in [-0.39, 0.29) is 17.7 Å². The summed E-state index contributed by atoms with van der Waals surface area (Å²) in [4.78, 5) is 21.8. The molecule has 0 aliphatic carbocycles. The fourth-order valence-electron chi connectivity index (χ4n) is 2.75. The summed E-state index contributed by atoms with van der Waals surface area (Å²) in [7, 11) is 0. The van der Waals surface area contributed by atoms with Crippen molar-refractivity contribution in [3.63, 3.8) is 0 Å². The predicted molar refractivity (Wildman–Crippen MR) is 77.6 cm³/mol. The molecule has 20 heavy (non-hydrogen) atoms. The number of nitrogens with zero attached hydrogens (tertiary/aromatic N) is 2. The van der Waals surface area contributed by atoms with Gasteiger partial charge in [0.2, 0.25) is 0 Å². The Balaban J connectivity index is 1.92. The van der Waals surface area contributed by atoms with Gasteiger partial charge in [-0.2, -0.15) is 0 Å². The molecule has 5 nitrogen and oxygen atoms in total. The van der Waals surface area contributed by atoms with Crippen LogP contribution in [0.25, 0.3) is 10.9 Å². The number of benzene rings is 1. The fraction of sp³-hybridized carbons (Fsp3) is 0.467. The second-order valence-corrected chi connectivity index (χ2v) is 5.41. The molecular weight excluding hydrogens is 254 g/mol. The van der Waals surface area contributed by atoms with Crippen LogP contribution in [0.5, 0.6) is 0 Å². The van der Waals surface area contributed by atoms with E-state index in [4.69, 9.17) is 0 Å². The van der Waals surface area contributed by atoms with Crippen molar-refractivity contribution in [2.45, 2.75) is 31.9 Å². The summed E-state index contributed by atoms with van der Waals surface area (Å²) < 4.78 is 0. The summed E-state index contributed by atoms with van der Waals surface area (Å²) >= 11 is 0. The van der Waals surface area contributed by atoms with E-state index in [2.05, 4.69) is 14.9 Å². The lowest BCUT2D eigenvalue weighted by atomic mass is 10.1. The summed E-state index contributed by atoms with van der Waals surface area (Å²) in [6, 6.07) is 7.43. The first-order chi connectivity index (χ1) is 9.65. The van der Waals surface area contributed by atoms with Gasteiger partial charge in [-0.05, 0) is 31.9 Å². The zero-order chi connectivity index (χ0) is 14.1. The van der Waals surface area contributed by atoms with E-state index in [9.17, 15) is 9.90 Å². The van der Waals surface area contributed by atoms with E-state index in [1.165, 1.54) is 0 Å². The van der Waals surface area contributed by atoms with Gasteiger partial charge in [0, 0.05) is 13.1 Å². The van der Waals surface area contributed by atoms with Crippen molar-refractivity contribution < 1.29 is 5.11 Å². The maximum atomic E-state index is 12.1. The maximum Gasteiger partial charge on any atom is 0.258 e. The molecule has 0 radical (unpaired) electrons. The van der Waals surface area contributed by atoms with Crippen molar-refractivity contribution in [2.75, 3.05) is 13.1 Å². The molecule has 1 aromatic heterocycles. The van der Waals surface area contributed by atoms with Crippen LogP contribution >= 0.6 is 0 Å². The number of likely N-dealkylation sites (tertiary alicyclic amines) is 1. The highest BCUT2D eigenvalue weighted by Gasteiger charge is 2.23. The molecule has 1 fully saturated rings. The second kappa shape index (κ2) is 5.34. The third-order valence-electron chi connectivity index (χ3n) is 4.07. The molecule has 1 unspecified atom stereocenters. The highest BCUT2D eigenvalue weighted by atomic mass is 16.3. The maximum absolute atomic E-state index is 12.1. The number of para-hydroxylation sites is 1. The third kappa shape index (κ3) is 2.46. The topological polar surface area (TPSA) is 69.2 Å². The number of aliphatic hydroxyl groups excluding tert-OH is 1. The van der Waals surface area contributed by atoms with Crippen molar-refractivity contribution in [1.82, 2.24) is 14.9 Å². The van der Waals surface area contributed by atoms with Gasteiger partial charge in [0.05, 0.1) is 23.0 Å². The van der Waals surface area contributed by atoms with E-state index in [0.717, 1.165) is 31.4 Å². The van der Waals surface area contributed by atoms with Crippen LogP contribution in [0.1, 0.15) is 31.6 Å². The molecule has 1 atom stereocenters. The molecule has 1 saturated heterocycles. The van der Waals surface area contributed by atoms with Gasteiger partial charge in [-0.25, -0.2) is 4.98 Å². The van der Waals surface area contributed by atoms with Crippen LogP contribution in [0.4, 0.5) is 0 Å². The minimum absolute atomic E-state index is 0.0554. The normalized spacial score (nSPS) is 19.3. The quantitative estimate of drug-likeness (QED) is 0.868. The Labute approximate surface area is 117 Å². The number of aromatic nitrogens is 2. The lowest BCUT2D eigenvalue weighted by Crippen LogP contribution is -2.38. The predicted octanol–water partition coefficient (Wildman–Crippen LogP) is 1.44. The molecule has 2 heterocycles. The molecule has 1 aromatic carbocycles. The van der Waals surface area contributed by atoms with Crippen molar-refractivity contribution in [3.05, 3.63) is 40.4 Å². The van der Waals surface area contributed by atoms with Gasteiger partial charge in [-0.1, -0.05) is 12.1 Å². The van der Waals surface area contributed by atoms with E-state index in [0.29, 0.717) is 11.2 Å². The Morgan fingerprint density at radius 2 is 2.05 bits per heavy atom. The van der Waals surface area contributed by atoms with Gasteiger partial charge in [0.25, 0.3) is 5.56 Å². The summed E-state index contributed by atoms with van der Waals surface area (Å²) in [5, 5.41) is 10.2. The summed E-state index contributed by atoms with van der Waals surface area (Å²) in [5.41, 5.74) is 0.643. The van der Waals surface area contributed by atoms with Gasteiger partial charge >= 0.3 is 0 Å². The number of piperidine rings is 1. The molecule has 106 valence electrons. The number of rotatable bonds is 2. The van der Waals surface area contributed by atoms with E-state index in [1.807, 2.05) is 25.1 Å². The lowest BCUT2D eigenvalue weighted by Gasteiger charge is -2.33. The molecular formula is C15H19N3O2. The van der Waals surface area contributed by atoms with Gasteiger partial charge in [-0.3, -0.25) is 9.69 Å². The molecule has 2 N–H and O–H groups in total. The minimum atomic E-state index is -0.193. The molecule has 0 bridgehead atoms. The van der Waals surface area contributed by atoms with Crippen LogP contribution in [0.2, 0.25) is 0 Å². The SMILES string of the molecule is CC(c1nc2ccccc2c(=O)[nH]1)N1CCC(O)CC1. The number of H-pyrrole nitrogens is 1. The first-order valence-corrected chi connectivity index (χ1v) is 7.06. The highest BCUT2D eigenvalue weighted by Crippen LogP contribution is 2.22. The van der Waals surface area contributed by atoms with Gasteiger partial charge in [0.15, 0.2) is 0 Å². The lowest BCUT2D eigenvalue weighted by molar-refractivity contribution is 0.0626. The zero-order valence-corrected chi connectivity index (χ0v) is 11.5. The minimum Gasteiger partial charge on any atom is -0.393 e. The number of aliphatic hydroxyl groups is 1. The first-order valence-electron chi connectivity index (χ1n) is 7.06. The molecule has 0 amide bonds. The average Bonchev–Trinajstić information content (AvgIpc) is 2.47. The Bertz CT molecular complexity index is 659. The van der Waals surface area contributed by atoms with Crippen LogP contribution in [-0.4, -0.2) is 39.2 Å². The summed E-state index contributed by atoms with van der Waals surface area (Å²) in [5.74, 6) is 0.699. The molecule has 3 rings (SSSR count). The van der Waals surface area contributed by atoms with Gasteiger partial charge < -0.3 is 10.1 Å². The van der Waals surface area contributed by atoms with Crippen LogP contribution in [0.15, 0.2) is 29.1 Å². The number of nitrogens with one attached hydrogen (secondary N) is 1. The van der Waals surface area contributed by atoms with Crippen LogP contribution in [0, 0.1) is 0 Å². The first kappa shape index (κ1) is 13.3. The Hall–Kier alpha value is -1.72. The molecule has 2 aromatic rings. The van der Waals surface area contributed by atoms with Gasteiger partial charge in [0.1, 0.15) is 5.82 Å². The number of aromatic amines is 1. The Morgan fingerprint density at radius 3 is 2.80 bits per heavy atom. The molecule has 5 heteroatoms. The summed E-state index contributed by atoms with van der Waals surface area (Å²) in [6.07, 6.45) is 1.37. The number of hydrogen-bond acceptors (Lipinski definition) is 4. The molecule has 1 aliphatic rings. The fourth-order valence-corrected chi connectivity index (χ4v) is 2.75. The van der Waals surface area contributed by atoms with Crippen molar-refractivity contribution in [1.29, 1.82) is 0 Å². The molecule has 1 aliphatic heterocycles. The van der Waals surface area contributed by atoms with Gasteiger partial charge in [-0.15, -0.1) is 0 Å².